The molecular formula is C15H16ClN3O2. The number of benzene rings is 1. The van der Waals surface area contributed by atoms with E-state index in [1.54, 1.807) is 6.92 Å². The van der Waals surface area contributed by atoms with Crippen molar-refractivity contribution in [3.63, 3.8) is 0 Å². The highest BCUT2D eigenvalue weighted by molar-refractivity contribution is 6.31. The summed E-state index contributed by atoms with van der Waals surface area (Å²) in [4.78, 5) is 15.1. The largest absolute Gasteiger partial charge is 0.507 e. The van der Waals surface area contributed by atoms with Crippen LogP contribution in [-0.4, -0.2) is 21.7 Å². The summed E-state index contributed by atoms with van der Waals surface area (Å²) in [5.41, 5.74) is 6.19. The van der Waals surface area contributed by atoms with E-state index in [0.717, 1.165) is 16.8 Å². The molecule has 0 unspecified atom stereocenters. The summed E-state index contributed by atoms with van der Waals surface area (Å²) in [5, 5.41) is 14.1. The molecule has 6 heteroatoms. The van der Waals surface area contributed by atoms with Gasteiger partial charge in [-0.05, 0) is 44.5 Å². The first-order valence-corrected chi connectivity index (χ1v) is 6.76. The molecule has 1 amide bonds. The van der Waals surface area contributed by atoms with E-state index in [4.69, 9.17) is 11.6 Å². The third-order valence-corrected chi connectivity index (χ3v) is 3.40. The predicted molar refractivity (Wildman–Crippen MR) is 83.1 cm³/mol. The molecule has 2 rings (SSSR count). The van der Waals surface area contributed by atoms with Gasteiger partial charge in [0, 0.05) is 22.5 Å². The van der Waals surface area contributed by atoms with Crippen molar-refractivity contribution in [3.8, 4) is 5.75 Å². The molecule has 0 aliphatic heterocycles. The number of H-pyrrole nitrogens is 1. The van der Waals surface area contributed by atoms with Gasteiger partial charge in [0.05, 0.1) is 11.3 Å². The first kappa shape index (κ1) is 15.1. The lowest BCUT2D eigenvalue weighted by Crippen LogP contribution is -2.19. The molecule has 3 N–H and O–H groups in total. The highest BCUT2D eigenvalue weighted by Crippen LogP contribution is 2.21. The van der Waals surface area contributed by atoms with E-state index in [0.29, 0.717) is 10.7 Å². The topological polar surface area (TPSA) is 77.5 Å². The Bertz CT molecular complexity index is 700. The lowest BCUT2D eigenvalue weighted by Gasteiger charge is -2.06. The zero-order valence-corrected chi connectivity index (χ0v) is 12.7. The number of aromatic amines is 1. The molecule has 1 aromatic heterocycles. The third-order valence-electron chi connectivity index (χ3n) is 3.16. The van der Waals surface area contributed by atoms with Crippen molar-refractivity contribution in [1.29, 1.82) is 0 Å². The number of nitrogens with zero attached hydrogens (tertiary/aromatic N) is 1. The monoisotopic (exact) mass is 305 g/mol. The van der Waals surface area contributed by atoms with Gasteiger partial charge in [-0.1, -0.05) is 11.6 Å². The number of carbonyl (C=O) groups is 1. The van der Waals surface area contributed by atoms with Gasteiger partial charge in [-0.2, -0.15) is 5.10 Å². The molecule has 2 aromatic rings. The van der Waals surface area contributed by atoms with Crippen LogP contribution in [0.5, 0.6) is 5.75 Å². The van der Waals surface area contributed by atoms with Crippen LogP contribution in [-0.2, 0) is 0 Å². The van der Waals surface area contributed by atoms with Gasteiger partial charge in [0.2, 0.25) is 0 Å². The number of hydrogen-bond acceptors (Lipinski definition) is 3. The molecule has 1 aromatic carbocycles. The molecular weight excluding hydrogens is 290 g/mol. The molecule has 110 valence electrons. The van der Waals surface area contributed by atoms with E-state index in [2.05, 4.69) is 15.5 Å². The van der Waals surface area contributed by atoms with Crippen molar-refractivity contribution in [3.05, 3.63) is 51.8 Å². The number of aromatic nitrogens is 1. The summed E-state index contributed by atoms with van der Waals surface area (Å²) in [5.74, 6) is -0.654. The average Bonchev–Trinajstić information content (AvgIpc) is 2.78. The first-order chi connectivity index (χ1) is 9.90. The van der Waals surface area contributed by atoms with Crippen LogP contribution in [0.4, 0.5) is 0 Å². The van der Waals surface area contributed by atoms with Gasteiger partial charge >= 0.3 is 0 Å². The molecule has 0 aliphatic rings. The van der Waals surface area contributed by atoms with Crippen LogP contribution in [0.25, 0.3) is 0 Å². The third kappa shape index (κ3) is 3.25. The van der Waals surface area contributed by atoms with Crippen molar-refractivity contribution >= 4 is 23.2 Å². The van der Waals surface area contributed by atoms with Crippen molar-refractivity contribution < 1.29 is 9.90 Å². The van der Waals surface area contributed by atoms with E-state index in [9.17, 15) is 9.90 Å². The van der Waals surface area contributed by atoms with Gasteiger partial charge in [0.15, 0.2) is 0 Å². The van der Waals surface area contributed by atoms with Crippen LogP contribution in [0.3, 0.4) is 0 Å². The number of phenolic OH excluding ortho intramolecular Hbond substituents is 1. The number of nitrogens with one attached hydrogen (secondary N) is 2. The number of rotatable bonds is 3. The van der Waals surface area contributed by atoms with Crippen molar-refractivity contribution in [2.75, 3.05) is 0 Å². The number of carbonyl (C=O) groups excluding carboxylic acids is 1. The van der Waals surface area contributed by atoms with Gasteiger partial charge in [-0.15, -0.1) is 0 Å². The standard InChI is InChI=1S/C15H16ClN3O2/c1-8-7-17-9(2)14(8)10(3)18-19-15(21)12-6-11(16)4-5-13(12)20/h4-7,17,20H,1-3H3,(H,19,21)/b18-10+. The lowest BCUT2D eigenvalue weighted by molar-refractivity contribution is 0.0952. The number of amides is 1. The number of halogens is 1. The normalized spacial score (nSPS) is 11.5. The fourth-order valence-electron chi connectivity index (χ4n) is 2.15. The van der Waals surface area contributed by atoms with E-state index >= 15 is 0 Å². The average molecular weight is 306 g/mol. The summed E-state index contributed by atoms with van der Waals surface area (Å²) >= 11 is 5.82. The van der Waals surface area contributed by atoms with Crippen LogP contribution < -0.4 is 5.43 Å². The van der Waals surface area contributed by atoms with Crippen molar-refractivity contribution in [2.24, 2.45) is 5.10 Å². The molecule has 0 spiro atoms. The van der Waals surface area contributed by atoms with Crippen molar-refractivity contribution in [1.82, 2.24) is 10.4 Å². The van der Waals surface area contributed by atoms with E-state index in [1.165, 1.54) is 18.2 Å². The fraction of sp³-hybridized carbons (Fsp3) is 0.200. The highest BCUT2D eigenvalue weighted by Gasteiger charge is 2.12. The molecule has 21 heavy (non-hydrogen) atoms. The smallest absolute Gasteiger partial charge is 0.275 e. The van der Waals surface area contributed by atoms with E-state index in [-0.39, 0.29) is 11.3 Å². The molecule has 0 saturated heterocycles. The summed E-state index contributed by atoms with van der Waals surface area (Å²) in [6.07, 6.45) is 1.88. The molecule has 1 heterocycles. The number of hydrazone groups is 1. The zero-order chi connectivity index (χ0) is 15.6. The molecule has 0 aliphatic carbocycles. The lowest BCUT2D eigenvalue weighted by atomic mass is 10.1. The second-order valence-electron chi connectivity index (χ2n) is 4.77. The van der Waals surface area contributed by atoms with Gasteiger partial charge < -0.3 is 10.1 Å². The SMILES string of the molecule is C/C(=N\NC(=O)c1cc(Cl)ccc1O)c1c(C)c[nH]c1C. The summed E-state index contributed by atoms with van der Waals surface area (Å²) in [6, 6.07) is 4.27. The second-order valence-corrected chi connectivity index (χ2v) is 5.21. The second kappa shape index (κ2) is 6.01. The van der Waals surface area contributed by atoms with Gasteiger partial charge in [-0.25, -0.2) is 5.43 Å². The summed E-state index contributed by atoms with van der Waals surface area (Å²) in [6.45, 7) is 5.70. The molecule has 0 radical (unpaired) electrons. The van der Waals surface area contributed by atoms with Gasteiger partial charge in [-0.3, -0.25) is 4.79 Å². The Balaban J connectivity index is 2.21. The van der Waals surface area contributed by atoms with Crippen LogP contribution in [0.2, 0.25) is 5.02 Å². The fourth-order valence-corrected chi connectivity index (χ4v) is 2.33. The zero-order valence-electron chi connectivity index (χ0n) is 12.0. The molecule has 0 atom stereocenters. The van der Waals surface area contributed by atoms with Gasteiger partial charge in [0.25, 0.3) is 5.91 Å². The van der Waals surface area contributed by atoms with Crippen LogP contribution in [0.15, 0.2) is 29.5 Å². The maximum absolute atomic E-state index is 12.0. The Hall–Kier alpha value is -2.27. The summed E-state index contributed by atoms with van der Waals surface area (Å²) in [7, 11) is 0. The molecule has 5 nitrogen and oxygen atoms in total. The number of aromatic hydroxyl groups is 1. The maximum Gasteiger partial charge on any atom is 0.275 e. The van der Waals surface area contributed by atoms with E-state index in [1.807, 2.05) is 20.0 Å². The highest BCUT2D eigenvalue weighted by atomic mass is 35.5. The number of aryl methyl sites for hydroxylation is 2. The molecule has 0 saturated carbocycles. The Morgan fingerprint density at radius 2 is 2.10 bits per heavy atom. The van der Waals surface area contributed by atoms with E-state index < -0.39 is 5.91 Å². The Kier molecular flexibility index (Phi) is 4.33. The minimum absolute atomic E-state index is 0.0848. The first-order valence-electron chi connectivity index (χ1n) is 6.38. The Labute approximate surface area is 127 Å². The Morgan fingerprint density at radius 1 is 1.38 bits per heavy atom. The predicted octanol–water partition coefficient (Wildman–Crippen LogP) is 3.14. The minimum Gasteiger partial charge on any atom is -0.507 e. The number of hydrogen-bond donors (Lipinski definition) is 3. The Morgan fingerprint density at radius 3 is 2.71 bits per heavy atom. The van der Waals surface area contributed by atoms with Crippen molar-refractivity contribution in [2.45, 2.75) is 20.8 Å². The molecule has 0 fully saturated rings. The quantitative estimate of drug-likeness (QED) is 0.602. The van der Waals surface area contributed by atoms with Crippen LogP contribution >= 0.6 is 11.6 Å². The minimum atomic E-state index is -0.514. The summed E-state index contributed by atoms with van der Waals surface area (Å²) < 4.78 is 0. The molecule has 0 bridgehead atoms. The van der Waals surface area contributed by atoms with Crippen LogP contribution in [0, 0.1) is 13.8 Å². The van der Waals surface area contributed by atoms with Gasteiger partial charge in [0.1, 0.15) is 5.75 Å². The maximum atomic E-state index is 12.0. The number of phenols is 1. The van der Waals surface area contributed by atoms with Crippen LogP contribution in [0.1, 0.15) is 34.1 Å².